The Kier molecular flexibility index (Phi) is 7.71. The van der Waals surface area contributed by atoms with Crippen LogP contribution in [0, 0.1) is 5.92 Å². The molecule has 0 amide bonds. The van der Waals surface area contributed by atoms with E-state index < -0.39 is 0 Å². The first-order valence-electron chi connectivity index (χ1n) is 7.33. The highest BCUT2D eigenvalue weighted by atomic mass is 35.5. The third-order valence-electron chi connectivity index (χ3n) is 4.07. The van der Waals surface area contributed by atoms with Gasteiger partial charge < -0.3 is 10.1 Å². The Balaban J connectivity index is 0.00000200. The van der Waals surface area contributed by atoms with Crippen molar-refractivity contribution < 1.29 is 4.74 Å². The molecule has 2 nitrogen and oxygen atoms in total. The molecule has 1 fully saturated rings. The number of benzene rings is 1. The van der Waals surface area contributed by atoms with Crippen LogP contribution in [0.1, 0.15) is 44.6 Å². The van der Waals surface area contributed by atoms with Crippen LogP contribution >= 0.6 is 24.0 Å². The summed E-state index contributed by atoms with van der Waals surface area (Å²) in [7, 11) is 0. The van der Waals surface area contributed by atoms with Gasteiger partial charge in [-0.2, -0.15) is 0 Å². The molecule has 2 rings (SSSR count). The van der Waals surface area contributed by atoms with Crippen molar-refractivity contribution in [3.8, 4) is 5.75 Å². The quantitative estimate of drug-likeness (QED) is 0.853. The average Bonchev–Trinajstić information content (AvgIpc) is 2.46. The first-order chi connectivity index (χ1) is 9.20. The van der Waals surface area contributed by atoms with Crippen LogP contribution in [0.3, 0.4) is 0 Å². The zero-order valence-electron chi connectivity index (χ0n) is 12.3. The van der Waals surface area contributed by atoms with Crippen molar-refractivity contribution in [2.75, 3.05) is 19.7 Å². The molecule has 1 aliphatic heterocycles. The first kappa shape index (κ1) is 17.6. The number of ether oxygens (including phenoxy) is 1. The standard InChI is InChI=1S/C16H24ClNO.ClH/c1-3-12(2)14-4-5-16(15(17)10-14)19-11-13-6-8-18-9-7-13;/h4-5,10,12-13,18H,3,6-9,11H2,1-2H3;1H. The maximum Gasteiger partial charge on any atom is 0.137 e. The molecule has 1 aliphatic rings. The Hall–Kier alpha value is -0.440. The molecule has 0 aliphatic carbocycles. The normalized spacial score (nSPS) is 17.4. The Morgan fingerprint density at radius 3 is 2.65 bits per heavy atom. The van der Waals surface area contributed by atoms with Gasteiger partial charge in [0.05, 0.1) is 11.6 Å². The minimum Gasteiger partial charge on any atom is -0.492 e. The van der Waals surface area contributed by atoms with E-state index >= 15 is 0 Å². The summed E-state index contributed by atoms with van der Waals surface area (Å²) in [6, 6.07) is 6.20. The van der Waals surface area contributed by atoms with E-state index in [2.05, 4.69) is 25.2 Å². The maximum absolute atomic E-state index is 6.31. The van der Waals surface area contributed by atoms with Gasteiger partial charge in [-0.1, -0.05) is 31.5 Å². The molecule has 0 bridgehead atoms. The Morgan fingerprint density at radius 2 is 2.05 bits per heavy atom. The smallest absolute Gasteiger partial charge is 0.137 e. The molecule has 1 N–H and O–H groups in total. The summed E-state index contributed by atoms with van der Waals surface area (Å²) < 4.78 is 5.88. The molecule has 0 spiro atoms. The number of hydrogen-bond donors (Lipinski definition) is 1. The molecule has 4 heteroatoms. The maximum atomic E-state index is 6.31. The van der Waals surface area contributed by atoms with Crippen LogP contribution in [0.25, 0.3) is 0 Å². The fraction of sp³-hybridized carbons (Fsp3) is 0.625. The highest BCUT2D eigenvalue weighted by Gasteiger charge is 2.14. The molecule has 0 aromatic heterocycles. The van der Waals surface area contributed by atoms with Crippen LogP contribution < -0.4 is 10.1 Å². The van der Waals surface area contributed by atoms with E-state index in [4.69, 9.17) is 16.3 Å². The predicted molar refractivity (Wildman–Crippen MR) is 88.5 cm³/mol. The highest BCUT2D eigenvalue weighted by molar-refractivity contribution is 6.32. The van der Waals surface area contributed by atoms with Crippen LogP contribution in [0.5, 0.6) is 5.75 Å². The van der Waals surface area contributed by atoms with Crippen molar-refractivity contribution >= 4 is 24.0 Å². The second kappa shape index (κ2) is 8.76. The van der Waals surface area contributed by atoms with Gasteiger partial charge >= 0.3 is 0 Å². The summed E-state index contributed by atoms with van der Waals surface area (Å²) >= 11 is 6.31. The monoisotopic (exact) mass is 317 g/mol. The minimum absolute atomic E-state index is 0. The largest absolute Gasteiger partial charge is 0.492 e. The molecule has 1 saturated heterocycles. The summed E-state index contributed by atoms with van der Waals surface area (Å²) in [6.45, 7) is 7.41. The number of hydrogen-bond acceptors (Lipinski definition) is 2. The third kappa shape index (κ3) is 4.83. The number of piperidine rings is 1. The molecule has 1 aromatic carbocycles. The minimum atomic E-state index is 0. The van der Waals surface area contributed by atoms with E-state index in [0.717, 1.165) is 36.9 Å². The Bertz CT molecular complexity index is 405. The molecule has 20 heavy (non-hydrogen) atoms. The predicted octanol–water partition coefficient (Wildman–Crippen LogP) is 4.65. The van der Waals surface area contributed by atoms with Crippen molar-refractivity contribution in [1.29, 1.82) is 0 Å². The summed E-state index contributed by atoms with van der Waals surface area (Å²) in [5.41, 5.74) is 1.29. The lowest BCUT2D eigenvalue weighted by atomic mass is 9.98. The van der Waals surface area contributed by atoms with Gasteiger partial charge in [-0.3, -0.25) is 0 Å². The van der Waals surface area contributed by atoms with Gasteiger partial charge in [0.2, 0.25) is 0 Å². The average molecular weight is 318 g/mol. The number of nitrogens with one attached hydrogen (secondary N) is 1. The molecular formula is C16H25Cl2NO. The SMILES string of the molecule is CCC(C)c1ccc(OCC2CCNCC2)c(Cl)c1.Cl. The summed E-state index contributed by atoms with van der Waals surface area (Å²) in [5.74, 6) is 2.04. The van der Waals surface area contributed by atoms with Crippen molar-refractivity contribution in [3.05, 3.63) is 28.8 Å². The van der Waals surface area contributed by atoms with Gasteiger partial charge in [0.25, 0.3) is 0 Å². The molecule has 1 heterocycles. The van der Waals surface area contributed by atoms with Crippen molar-refractivity contribution in [1.82, 2.24) is 5.32 Å². The molecule has 0 radical (unpaired) electrons. The van der Waals surface area contributed by atoms with E-state index in [0.29, 0.717) is 11.8 Å². The second-order valence-corrected chi connectivity index (χ2v) is 5.91. The van der Waals surface area contributed by atoms with Gasteiger partial charge in [0, 0.05) is 0 Å². The van der Waals surface area contributed by atoms with E-state index in [9.17, 15) is 0 Å². The highest BCUT2D eigenvalue weighted by Crippen LogP contribution is 2.30. The van der Waals surface area contributed by atoms with Crippen LogP contribution in [0.2, 0.25) is 5.02 Å². The van der Waals surface area contributed by atoms with Crippen LogP contribution in [-0.4, -0.2) is 19.7 Å². The lowest BCUT2D eigenvalue weighted by molar-refractivity contribution is 0.215. The van der Waals surface area contributed by atoms with E-state index in [-0.39, 0.29) is 12.4 Å². The fourth-order valence-electron chi connectivity index (χ4n) is 2.43. The van der Waals surface area contributed by atoms with Gasteiger partial charge in [-0.05, 0) is 61.9 Å². The fourth-order valence-corrected chi connectivity index (χ4v) is 2.68. The summed E-state index contributed by atoms with van der Waals surface area (Å²) in [4.78, 5) is 0. The Morgan fingerprint density at radius 1 is 1.35 bits per heavy atom. The molecule has 1 unspecified atom stereocenters. The van der Waals surface area contributed by atoms with Gasteiger partial charge in [-0.15, -0.1) is 12.4 Å². The first-order valence-corrected chi connectivity index (χ1v) is 7.71. The van der Waals surface area contributed by atoms with Gasteiger partial charge in [-0.25, -0.2) is 0 Å². The number of rotatable bonds is 5. The Labute approximate surface area is 133 Å². The molecule has 114 valence electrons. The topological polar surface area (TPSA) is 21.3 Å². The lowest BCUT2D eigenvalue weighted by Crippen LogP contribution is -2.30. The van der Waals surface area contributed by atoms with Crippen LogP contribution in [-0.2, 0) is 0 Å². The zero-order valence-corrected chi connectivity index (χ0v) is 13.9. The summed E-state index contributed by atoms with van der Waals surface area (Å²) in [6.07, 6.45) is 3.52. The van der Waals surface area contributed by atoms with Crippen molar-refractivity contribution in [2.45, 2.75) is 39.0 Å². The van der Waals surface area contributed by atoms with Crippen LogP contribution in [0.15, 0.2) is 18.2 Å². The van der Waals surface area contributed by atoms with E-state index in [1.807, 2.05) is 12.1 Å². The molecule has 1 atom stereocenters. The third-order valence-corrected chi connectivity index (χ3v) is 4.37. The molecule has 0 saturated carbocycles. The molecule has 1 aromatic rings. The van der Waals surface area contributed by atoms with E-state index in [1.54, 1.807) is 0 Å². The van der Waals surface area contributed by atoms with Gasteiger partial charge in [0.1, 0.15) is 5.75 Å². The van der Waals surface area contributed by atoms with Crippen molar-refractivity contribution in [2.24, 2.45) is 5.92 Å². The van der Waals surface area contributed by atoms with Crippen LogP contribution in [0.4, 0.5) is 0 Å². The zero-order chi connectivity index (χ0) is 13.7. The lowest BCUT2D eigenvalue weighted by Gasteiger charge is -2.23. The van der Waals surface area contributed by atoms with E-state index in [1.165, 1.54) is 18.4 Å². The second-order valence-electron chi connectivity index (χ2n) is 5.50. The number of halogens is 2. The van der Waals surface area contributed by atoms with Gasteiger partial charge in [0.15, 0.2) is 0 Å². The summed E-state index contributed by atoms with van der Waals surface area (Å²) in [5, 5.41) is 4.11. The van der Waals surface area contributed by atoms with Crippen molar-refractivity contribution in [3.63, 3.8) is 0 Å². The molecular weight excluding hydrogens is 293 g/mol.